The van der Waals surface area contributed by atoms with Gasteiger partial charge in [0, 0.05) is 0 Å². The van der Waals surface area contributed by atoms with E-state index in [1.165, 1.54) is 0 Å². The van der Waals surface area contributed by atoms with Crippen molar-refractivity contribution in [1.29, 1.82) is 0 Å². The second-order valence-corrected chi connectivity index (χ2v) is 0.836. The fourth-order valence-electron chi connectivity index (χ4n) is 0. The van der Waals surface area contributed by atoms with Crippen LogP contribution in [0.15, 0.2) is 0 Å². The van der Waals surface area contributed by atoms with Gasteiger partial charge in [0.25, 0.3) is 0 Å². The minimum atomic E-state index is -2.77. The van der Waals surface area contributed by atoms with Gasteiger partial charge in [0.1, 0.15) is 11.4 Å². The van der Waals surface area contributed by atoms with Crippen molar-refractivity contribution in [3.63, 3.8) is 0 Å². The molecule has 1 N–H and O–H groups in total. The van der Waals surface area contributed by atoms with E-state index >= 15 is 0 Å². The Hall–Kier alpha value is 0.796. The van der Waals surface area contributed by atoms with Crippen LogP contribution in [-0.4, -0.2) is 37.1 Å². The Morgan fingerprint density at radius 3 is 1.86 bits per heavy atom. The molecule has 0 aromatic heterocycles. The molecule has 0 spiro atoms. The molecule has 0 bridgehead atoms. The summed E-state index contributed by atoms with van der Waals surface area (Å²) in [5, 5.41) is 7.03. The molecular weight excluding hydrogens is 132 g/mol. The number of hydrogen-bond donors (Lipinski definition) is 1. The van der Waals surface area contributed by atoms with Crippen molar-refractivity contribution in [2.75, 3.05) is 0 Å². The van der Waals surface area contributed by atoms with Crippen LogP contribution in [0.25, 0.3) is 0 Å². The minimum Gasteiger partial charge on any atom is -0.748 e. The Morgan fingerprint density at radius 1 is 1.71 bits per heavy atom. The van der Waals surface area contributed by atoms with Crippen LogP contribution in [0.5, 0.6) is 0 Å². The summed E-state index contributed by atoms with van der Waals surface area (Å²) >= 11 is -2.77. The van der Waals surface area contributed by atoms with Gasteiger partial charge in [0.15, 0.2) is 0 Å². The molecule has 0 aliphatic carbocycles. The molecule has 6 heteroatoms. The Kier molecular flexibility index (Phi) is 22.2. The van der Waals surface area contributed by atoms with Crippen LogP contribution >= 0.6 is 0 Å². The van der Waals surface area contributed by atoms with Crippen LogP contribution in [0.3, 0.4) is 0 Å². The van der Waals surface area contributed by atoms with Gasteiger partial charge in [-0.15, -0.1) is 4.33 Å². The van der Waals surface area contributed by atoms with Gasteiger partial charge < -0.3 is 12.0 Å². The first-order chi connectivity index (χ1) is 2.27. The summed E-state index contributed by atoms with van der Waals surface area (Å²) in [6.45, 7) is 0. The quantitative estimate of drug-likeness (QED) is 0.171. The van der Waals surface area contributed by atoms with Crippen LogP contribution < -0.4 is 0 Å². The van der Waals surface area contributed by atoms with Crippen molar-refractivity contribution in [2.45, 2.75) is 0 Å². The normalized spacial score (nSPS) is 10.6. The van der Waals surface area contributed by atoms with Gasteiger partial charge >= 0.3 is 23.1 Å². The Balaban J connectivity index is -0.0000000800. The molecule has 0 aromatic carbocycles. The topological polar surface area (TPSA) is 69.6 Å². The fourth-order valence-corrected chi connectivity index (χ4v) is 0. The first-order valence-corrected chi connectivity index (χ1v) is 1.68. The molecule has 0 radical (unpaired) electrons. The molecule has 0 aliphatic rings. The van der Waals surface area contributed by atoms with E-state index in [1.807, 2.05) is 0 Å². The summed E-state index contributed by atoms with van der Waals surface area (Å²) in [7, 11) is 0. The summed E-state index contributed by atoms with van der Waals surface area (Å²) in [5.74, 6) is 0. The molecule has 0 saturated heterocycles. The molecule has 0 fully saturated rings. The smallest absolute Gasteiger partial charge is 0.748 e. The van der Waals surface area contributed by atoms with Gasteiger partial charge in [-0.05, 0) is 0 Å². The molecule has 40 valence electrons. The van der Waals surface area contributed by atoms with E-state index in [2.05, 4.69) is 4.33 Å². The molecule has 0 rings (SSSR count). The average molecular weight is 136 g/mol. The molecular formula is CH4MgO4S. The van der Waals surface area contributed by atoms with E-state index in [-0.39, 0.29) is 30.5 Å². The van der Waals surface area contributed by atoms with Gasteiger partial charge in [-0.3, -0.25) is 0 Å². The van der Waals surface area contributed by atoms with E-state index < -0.39 is 11.4 Å². The first-order valence-electron chi connectivity index (χ1n) is 0.683. The molecule has 1 atom stereocenters. The number of rotatable bonds is 1. The number of hydrogen-bond acceptors (Lipinski definition) is 4. The zero-order chi connectivity index (χ0) is 4.28. The average Bonchev–Trinajstić information content (AvgIpc) is 1.38. The van der Waals surface area contributed by atoms with E-state index in [0.29, 0.717) is 0 Å². The van der Waals surface area contributed by atoms with E-state index in [1.54, 1.807) is 0 Å². The third kappa shape index (κ3) is 20.0. The zero-order valence-electron chi connectivity index (χ0n) is 3.79. The van der Waals surface area contributed by atoms with Gasteiger partial charge in [-0.1, -0.05) is 0 Å². The Bertz CT molecular complexity index is 47.0. The van der Waals surface area contributed by atoms with Gasteiger partial charge in [-0.25, -0.2) is 9.47 Å². The van der Waals surface area contributed by atoms with Crippen LogP contribution in [0.1, 0.15) is 0 Å². The van der Waals surface area contributed by atoms with Gasteiger partial charge in [-0.2, -0.15) is 0 Å². The van der Waals surface area contributed by atoms with E-state index in [0.717, 1.165) is 0 Å². The van der Waals surface area contributed by atoms with E-state index in [4.69, 9.17) is 14.0 Å². The van der Waals surface area contributed by atoms with Crippen LogP contribution in [0.2, 0.25) is 0 Å². The summed E-state index contributed by atoms with van der Waals surface area (Å²) in [5.41, 5.74) is 0. The Morgan fingerprint density at radius 2 is 1.86 bits per heavy atom. The van der Waals surface area contributed by atoms with Crippen molar-refractivity contribution in [1.82, 2.24) is 0 Å². The molecule has 0 saturated carbocycles. The molecule has 7 heavy (non-hydrogen) atoms. The summed E-state index contributed by atoms with van der Waals surface area (Å²) in [6, 6.07) is 0. The fraction of sp³-hybridized carbons (Fsp3) is 0. The van der Waals surface area contributed by atoms with Crippen LogP contribution in [0, 0.1) is 7.43 Å². The second kappa shape index (κ2) is 9.93. The predicted molar refractivity (Wildman–Crippen MR) is 24.8 cm³/mol. The van der Waals surface area contributed by atoms with Crippen LogP contribution in [-0.2, 0) is 15.7 Å². The molecule has 0 aliphatic heterocycles. The van der Waals surface area contributed by atoms with Crippen molar-refractivity contribution >= 4 is 34.4 Å². The van der Waals surface area contributed by atoms with Crippen molar-refractivity contribution in [3.8, 4) is 0 Å². The van der Waals surface area contributed by atoms with Crippen molar-refractivity contribution < 1.29 is 18.4 Å². The standard InChI is InChI=1S/CH3.Mg.H2O4S/c;;1-4-5(2)3/h1H3;;1H,(H,2,3)/q-1;+2;/p-1. The minimum absolute atomic E-state index is 0. The summed E-state index contributed by atoms with van der Waals surface area (Å²) in [6.07, 6.45) is 0. The third-order valence-corrected chi connectivity index (χ3v) is 0.183. The molecule has 4 nitrogen and oxygen atoms in total. The largest absolute Gasteiger partial charge is 2.00 e. The maximum atomic E-state index is 8.90. The monoisotopic (exact) mass is 136 g/mol. The second-order valence-electron chi connectivity index (χ2n) is 0.279. The molecule has 0 heterocycles. The summed E-state index contributed by atoms with van der Waals surface area (Å²) < 4.78 is 20.5. The first kappa shape index (κ1) is 15.7. The zero-order valence-corrected chi connectivity index (χ0v) is 6.02. The van der Waals surface area contributed by atoms with Gasteiger partial charge in [0.2, 0.25) is 0 Å². The van der Waals surface area contributed by atoms with Crippen LogP contribution in [0.4, 0.5) is 0 Å². The Labute approximate surface area is 60.4 Å². The predicted octanol–water partition coefficient (Wildman–Crippen LogP) is -0.660. The molecule has 0 amide bonds. The van der Waals surface area contributed by atoms with Crippen molar-refractivity contribution in [3.05, 3.63) is 7.43 Å². The molecule has 1 unspecified atom stereocenters. The van der Waals surface area contributed by atoms with Gasteiger partial charge in [0.05, 0.1) is 0 Å². The summed E-state index contributed by atoms with van der Waals surface area (Å²) in [4.78, 5) is 0. The van der Waals surface area contributed by atoms with E-state index in [9.17, 15) is 0 Å². The maximum Gasteiger partial charge on any atom is 2.00 e. The third-order valence-electron chi connectivity index (χ3n) is 0.0609. The maximum absolute atomic E-state index is 8.90. The van der Waals surface area contributed by atoms with Crippen molar-refractivity contribution in [2.24, 2.45) is 0 Å². The molecule has 0 aromatic rings. The SMILES string of the molecule is O=S([O-])OO.[CH3-].[Mg+2].